The molecule has 4 nitrogen and oxygen atoms in total. The number of nitrogens with zero attached hydrogens (tertiary/aromatic N) is 1. The SMILES string of the molecule is N#Cc1ccccc1NC(=O)CCCOc1ccccc1F. The number of carbonyl (C=O) groups is 1. The van der Waals surface area contributed by atoms with Gasteiger partial charge in [0.2, 0.25) is 5.91 Å². The summed E-state index contributed by atoms with van der Waals surface area (Å²) in [4.78, 5) is 11.8. The van der Waals surface area contributed by atoms with Crippen molar-refractivity contribution in [2.24, 2.45) is 0 Å². The van der Waals surface area contributed by atoms with Gasteiger partial charge in [0, 0.05) is 6.42 Å². The van der Waals surface area contributed by atoms with Crippen LogP contribution >= 0.6 is 0 Å². The molecule has 0 aliphatic heterocycles. The number of amides is 1. The highest BCUT2D eigenvalue weighted by Crippen LogP contribution is 2.16. The lowest BCUT2D eigenvalue weighted by molar-refractivity contribution is -0.116. The molecule has 0 radical (unpaired) electrons. The zero-order valence-corrected chi connectivity index (χ0v) is 11.9. The van der Waals surface area contributed by atoms with Crippen molar-refractivity contribution in [3.8, 4) is 11.8 Å². The van der Waals surface area contributed by atoms with Crippen molar-refractivity contribution >= 4 is 11.6 Å². The van der Waals surface area contributed by atoms with Crippen molar-refractivity contribution in [2.45, 2.75) is 12.8 Å². The molecule has 0 atom stereocenters. The van der Waals surface area contributed by atoms with Gasteiger partial charge < -0.3 is 10.1 Å². The predicted molar refractivity (Wildman–Crippen MR) is 80.9 cm³/mol. The van der Waals surface area contributed by atoms with Crippen LogP contribution in [0.15, 0.2) is 48.5 Å². The quantitative estimate of drug-likeness (QED) is 0.830. The van der Waals surface area contributed by atoms with Gasteiger partial charge in [0.1, 0.15) is 6.07 Å². The van der Waals surface area contributed by atoms with E-state index in [-0.39, 0.29) is 24.7 Å². The van der Waals surface area contributed by atoms with E-state index in [1.54, 1.807) is 42.5 Å². The number of ether oxygens (including phenoxy) is 1. The number of anilines is 1. The molecule has 0 aliphatic rings. The molecule has 22 heavy (non-hydrogen) atoms. The number of nitrogens with one attached hydrogen (secondary N) is 1. The standard InChI is InChI=1S/C17H15FN2O2/c18-14-7-2-4-9-16(14)22-11-5-10-17(21)20-15-8-3-1-6-13(15)12-19/h1-4,6-9H,5,10-11H2,(H,20,21). The second kappa shape index (κ2) is 7.79. The molecule has 112 valence electrons. The van der Waals surface area contributed by atoms with Crippen LogP contribution in [0.25, 0.3) is 0 Å². The fraction of sp³-hybridized carbons (Fsp3) is 0.176. The fourth-order valence-corrected chi connectivity index (χ4v) is 1.88. The largest absolute Gasteiger partial charge is 0.491 e. The summed E-state index contributed by atoms with van der Waals surface area (Å²) in [6, 6.07) is 14.9. The highest BCUT2D eigenvalue weighted by atomic mass is 19.1. The molecule has 0 heterocycles. The lowest BCUT2D eigenvalue weighted by atomic mass is 10.2. The summed E-state index contributed by atoms with van der Waals surface area (Å²) in [7, 11) is 0. The van der Waals surface area contributed by atoms with E-state index < -0.39 is 5.82 Å². The van der Waals surface area contributed by atoms with Crippen molar-refractivity contribution in [2.75, 3.05) is 11.9 Å². The van der Waals surface area contributed by atoms with Crippen molar-refractivity contribution in [3.05, 3.63) is 59.9 Å². The first kappa shape index (κ1) is 15.5. The molecule has 0 bridgehead atoms. The Bertz CT molecular complexity index is 695. The van der Waals surface area contributed by atoms with Gasteiger partial charge in [0.05, 0.1) is 17.9 Å². The monoisotopic (exact) mass is 298 g/mol. The zero-order valence-electron chi connectivity index (χ0n) is 11.9. The van der Waals surface area contributed by atoms with Gasteiger partial charge in [0.25, 0.3) is 0 Å². The second-order valence-electron chi connectivity index (χ2n) is 4.59. The first-order chi connectivity index (χ1) is 10.7. The molecule has 0 saturated heterocycles. The van der Waals surface area contributed by atoms with Crippen molar-refractivity contribution in [1.29, 1.82) is 5.26 Å². The average Bonchev–Trinajstić information content (AvgIpc) is 2.53. The molecule has 5 heteroatoms. The molecule has 0 spiro atoms. The highest BCUT2D eigenvalue weighted by Gasteiger charge is 2.07. The van der Waals surface area contributed by atoms with E-state index >= 15 is 0 Å². The van der Waals surface area contributed by atoms with Gasteiger partial charge in [-0.2, -0.15) is 5.26 Å². The lowest BCUT2D eigenvalue weighted by Crippen LogP contribution is -2.13. The van der Waals surface area contributed by atoms with Gasteiger partial charge in [-0.25, -0.2) is 4.39 Å². The van der Waals surface area contributed by atoms with E-state index in [9.17, 15) is 9.18 Å². The maximum absolute atomic E-state index is 13.3. The molecule has 1 amide bonds. The molecule has 0 aromatic heterocycles. The molecule has 0 fully saturated rings. The van der Waals surface area contributed by atoms with Crippen molar-refractivity contribution in [1.82, 2.24) is 0 Å². The summed E-state index contributed by atoms with van der Waals surface area (Å²) in [6.45, 7) is 0.244. The Labute approximate surface area is 128 Å². The first-order valence-corrected chi connectivity index (χ1v) is 6.87. The Kier molecular flexibility index (Phi) is 5.50. The van der Waals surface area contributed by atoms with Crippen LogP contribution in [0.2, 0.25) is 0 Å². The first-order valence-electron chi connectivity index (χ1n) is 6.87. The molecule has 0 aliphatic carbocycles. The van der Waals surface area contributed by atoms with Gasteiger partial charge in [-0.15, -0.1) is 0 Å². The third kappa shape index (κ3) is 4.32. The van der Waals surface area contributed by atoms with Crippen LogP contribution in [0.1, 0.15) is 18.4 Å². The molecular formula is C17H15FN2O2. The lowest BCUT2D eigenvalue weighted by Gasteiger charge is -2.08. The fourth-order valence-electron chi connectivity index (χ4n) is 1.88. The van der Waals surface area contributed by atoms with Crippen molar-refractivity contribution < 1.29 is 13.9 Å². The number of halogens is 1. The summed E-state index contributed by atoms with van der Waals surface area (Å²) in [5.74, 6) is -0.451. The van der Waals surface area contributed by atoms with E-state index in [0.29, 0.717) is 17.7 Å². The van der Waals surface area contributed by atoms with E-state index in [1.807, 2.05) is 6.07 Å². The van der Waals surface area contributed by atoms with Crippen LogP contribution in [0.3, 0.4) is 0 Å². The third-order valence-electron chi connectivity index (χ3n) is 2.96. The predicted octanol–water partition coefficient (Wildman–Crippen LogP) is 3.50. The smallest absolute Gasteiger partial charge is 0.224 e. The number of benzene rings is 2. The summed E-state index contributed by atoms with van der Waals surface area (Å²) in [5, 5.41) is 11.6. The Balaban J connectivity index is 1.77. The molecule has 0 saturated carbocycles. The van der Waals surface area contributed by atoms with Crippen LogP contribution in [-0.2, 0) is 4.79 Å². The number of para-hydroxylation sites is 2. The van der Waals surface area contributed by atoms with Gasteiger partial charge in [-0.05, 0) is 30.7 Å². The third-order valence-corrected chi connectivity index (χ3v) is 2.96. The summed E-state index contributed by atoms with van der Waals surface area (Å²) < 4.78 is 18.6. The molecule has 1 N–H and O–H groups in total. The minimum absolute atomic E-state index is 0.178. The van der Waals surface area contributed by atoms with E-state index in [2.05, 4.69) is 5.32 Å². The molecular weight excluding hydrogens is 283 g/mol. The van der Waals surface area contributed by atoms with Gasteiger partial charge >= 0.3 is 0 Å². The van der Waals surface area contributed by atoms with Crippen LogP contribution in [-0.4, -0.2) is 12.5 Å². The Morgan fingerprint density at radius 3 is 2.68 bits per heavy atom. The van der Waals surface area contributed by atoms with E-state index in [4.69, 9.17) is 10.00 Å². The second-order valence-corrected chi connectivity index (χ2v) is 4.59. The van der Waals surface area contributed by atoms with Crippen molar-refractivity contribution in [3.63, 3.8) is 0 Å². The summed E-state index contributed by atoms with van der Waals surface area (Å²) in [6.07, 6.45) is 0.684. The van der Waals surface area contributed by atoms with Crippen LogP contribution in [0.4, 0.5) is 10.1 Å². The number of rotatable bonds is 6. The number of nitriles is 1. The molecule has 2 rings (SSSR count). The van der Waals surface area contributed by atoms with Gasteiger partial charge in [-0.1, -0.05) is 24.3 Å². The van der Waals surface area contributed by atoms with Gasteiger partial charge in [-0.3, -0.25) is 4.79 Å². The average molecular weight is 298 g/mol. The van der Waals surface area contributed by atoms with Crippen LogP contribution < -0.4 is 10.1 Å². The summed E-state index contributed by atoms with van der Waals surface area (Å²) >= 11 is 0. The zero-order chi connectivity index (χ0) is 15.8. The molecule has 2 aromatic rings. The maximum Gasteiger partial charge on any atom is 0.224 e. The van der Waals surface area contributed by atoms with Gasteiger partial charge in [0.15, 0.2) is 11.6 Å². The topological polar surface area (TPSA) is 62.1 Å². The Hall–Kier alpha value is -2.87. The minimum atomic E-state index is -0.421. The number of carbonyl (C=O) groups excluding carboxylic acids is 1. The van der Waals surface area contributed by atoms with Crippen LogP contribution in [0, 0.1) is 17.1 Å². The van der Waals surface area contributed by atoms with Crippen LogP contribution in [0.5, 0.6) is 5.75 Å². The Morgan fingerprint density at radius 1 is 1.18 bits per heavy atom. The molecule has 0 unspecified atom stereocenters. The Morgan fingerprint density at radius 2 is 1.91 bits per heavy atom. The number of hydrogen-bond acceptors (Lipinski definition) is 3. The normalized spacial score (nSPS) is 9.82. The maximum atomic E-state index is 13.3. The molecule has 2 aromatic carbocycles. The van der Waals surface area contributed by atoms with E-state index in [0.717, 1.165) is 0 Å². The highest BCUT2D eigenvalue weighted by molar-refractivity contribution is 5.92. The minimum Gasteiger partial charge on any atom is -0.491 e. The number of hydrogen-bond donors (Lipinski definition) is 1. The van der Waals surface area contributed by atoms with E-state index in [1.165, 1.54) is 6.07 Å². The summed E-state index contributed by atoms with van der Waals surface area (Å²) in [5.41, 5.74) is 0.906.